The minimum Gasteiger partial charge on any atom is -0.398 e. The van der Waals surface area contributed by atoms with E-state index >= 15 is 0 Å². The lowest BCUT2D eigenvalue weighted by Gasteiger charge is -2.11. The maximum absolute atomic E-state index is 11.5. The smallest absolute Gasteiger partial charge is 0.296 e. The summed E-state index contributed by atoms with van der Waals surface area (Å²) in [7, 11) is -8.99. The van der Waals surface area contributed by atoms with Gasteiger partial charge in [-0.1, -0.05) is 12.1 Å². The van der Waals surface area contributed by atoms with E-state index in [1.54, 1.807) is 0 Å². The van der Waals surface area contributed by atoms with E-state index < -0.39 is 30.0 Å². The van der Waals surface area contributed by atoms with Gasteiger partial charge in [0.25, 0.3) is 20.2 Å². The summed E-state index contributed by atoms with van der Waals surface area (Å²) in [5, 5.41) is 5.10. The van der Waals surface area contributed by atoms with Gasteiger partial charge in [-0.3, -0.25) is 9.11 Å². The van der Waals surface area contributed by atoms with Crippen LogP contribution in [0.15, 0.2) is 52.3 Å². The molecule has 0 aliphatic carbocycles. The van der Waals surface area contributed by atoms with Gasteiger partial charge >= 0.3 is 0 Å². The summed E-state index contributed by atoms with van der Waals surface area (Å²) >= 11 is 5.88. The number of nitrogens with two attached hydrogens (primary N) is 1. The lowest BCUT2D eigenvalue weighted by molar-refractivity contribution is 0.481. The summed E-state index contributed by atoms with van der Waals surface area (Å²) in [6.07, 6.45) is 0. The van der Waals surface area contributed by atoms with E-state index in [2.05, 4.69) is 25.6 Å². The summed E-state index contributed by atoms with van der Waals surface area (Å²) in [4.78, 5) is 10.9. The van der Waals surface area contributed by atoms with Crippen molar-refractivity contribution in [1.29, 1.82) is 0 Å². The Hall–Kier alpha value is -3.04. The molecule has 158 valence electrons. The lowest BCUT2D eigenvalue weighted by Crippen LogP contribution is -2.08. The standard InChI is InChI=1S/C15H13ClN6O6S2/c16-13-20-14(18-8-5-6-11(9(17)7-8)29(23,24)25)22-15(21-13)19-10-3-1-2-4-12(10)30(26,27)28/h1-7H,17H2,(H,23,24,25)(H,26,27,28)(H2,18,19,20,21,22). The minimum atomic E-state index is -4.51. The Morgan fingerprint density at radius 3 is 2.03 bits per heavy atom. The van der Waals surface area contributed by atoms with Crippen LogP contribution in [0, 0.1) is 0 Å². The zero-order chi connectivity index (χ0) is 22.1. The van der Waals surface area contributed by atoms with Gasteiger partial charge in [-0.05, 0) is 41.9 Å². The van der Waals surface area contributed by atoms with Crippen molar-refractivity contribution in [2.45, 2.75) is 9.79 Å². The van der Waals surface area contributed by atoms with Gasteiger partial charge < -0.3 is 16.4 Å². The molecule has 0 atom stereocenters. The summed E-state index contributed by atoms with van der Waals surface area (Å²) in [6, 6.07) is 9.11. The molecule has 0 aliphatic heterocycles. The number of rotatable bonds is 6. The Labute approximate surface area is 175 Å². The van der Waals surface area contributed by atoms with Crippen LogP contribution in [-0.4, -0.2) is 40.9 Å². The summed E-state index contributed by atoms with van der Waals surface area (Å²) in [5.74, 6) is -0.225. The number of halogens is 1. The third-order valence-electron chi connectivity index (χ3n) is 3.56. The van der Waals surface area contributed by atoms with Crippen molar-refractivity contribution in [3.05, 3.63) is 47.7 Å². The second-order valence-corrected chi connectivity index (χ2v) is 8.82. The van der Waals surface area contributed by atoms with Gasteiger partial charge in [0.2, 0.25) is 17.2 Å². The molecule has 1 aromatic heterocycles. The molecule has 0 saturated heterocycles. The first kappa shape index (κ1) is 21.7. The molecule has 6 N–H and O–H groups in total. The van der Waals surface area contributed by atoms with Crippen LogP contribution in [0.5, 0.6) is 0 Å². The van der Waals surface area contributed by atoms with Crippen LogP contribution in [0.4, 0.5) is 29.0 Å². The molecule has 0 saturated carbocycles. The zero-order valence-electron chi connectivity index (χ0n) is 14.7. The number of aromatic nitrogens is 3. The summed E-state index contributed by atoms with van der Waals surface area (Å²) < 4.78 is 63.9. The van der Waals surface area contributed by atoms with Crippen molar-refractivity contribution >= 4 is 60.8 Å². The highest BCUT2D eigenvalue weighted by molar-refractivity contribution is 7.86. The number of nitrogens with zero attached hydrogens (tertiary/aromatic N) is 3. The number of benzene rings is 2. The van der Waals surface area contributed by atoms with Gasteiger partial charge in [0.1, 0.15) is 9.79 Å². The first-order chi connectivity index (χ1) is 13.9. The number of anilines is 5. The second kappa shape index (κ2) is 8.00. The molecule has 0 spiro atoms. The fraction of sp³-hybridized carbons (Fsp3) is 0. The Balaban J connectivity index is 1.91. The lowest BCUT2D eigenvalue weighted by atomic mass is 10.3. The quantitative estimate of drug-likeness (QED) is 0.259. The van der Waals surface area contributed by atoms with Gasteiger partial charge in [0.15, 0.2) is 0 Å². The SMILES string of the molecule is Nc1cc(Nc2nc(Cl)nc(Nc3ccccc3S(=O)(=O)O)n2)ccc1S(=O)(=O)O. The highest BCUT2D eigenvalue weighted by Gasteiger charge is 2.17. The van der Waals surface area contributed by atoms with Gasteiger partial charge in [-0.15, -0.1) is 0 Å². The van der Waals surface area contributed by atoms with Crippen LogP contribution in [0.25, 0.3) is 0 Å². The maximum Gasteiger partial charge on any atom is 0.296 e. The van der Waals surface area contributed by atoms with E-state index in [1.807, 2.05) is 0 Å². The molecule has 15 heteroatoms. The molecule has 3 rings (SSSR count). The first-order valence-electron chi connectivity index (χ1n) is 7.82. The number of hydrogen-bond acceptors (Lipinski definition) is 10. The molecule has 2 aromatic carbocycles. The number of para-hydroxylation sites is 1. The van der Waals surface area contributed by atoms with Gasteiger partial charge in [0.05, 0.1) is 11.4 Å². The largest absolute Gasteiger partial charge is 0.398 e. The number of nitrogen functional groups attached to an aromatic ring is 1. The third-order valence-corrected chi connectivity index (χ3v) is 5.57. The maximum atomic E-state index is 11.5. The molecule has 1 heterocycles. The van der Waals surface area contributed by atoms with Gasteiger partial charge in [-0.2, -0.15) is 31.8 Å². The molecular formula is C15H13ClN6O6S2. The molecule has 3 aromatic rings. The van der Waals surface area contributed by atoms with E-state index in [0.29, 0.717) is 0 Å². The van der Waals surface area contributed by atoms with E-state index in [-0.39, 0.29) is 34.2 Å². The molecule has 12 nitrogen and oxygen atoms in total. The summed E-state index contributed by atoms with van der Waals surface area (Å²) in [6.45, 7) is 0. The highest BCUT2D eigenvalue weighted by Crippen LogP contribution is 2.26. The van der Waals surface area contributed by atoms with E-state index in [4.69, 9.17) is 21.9 Å². The molecule has 0 aliphatic rings. The van der Waals surface area contributed by atoms with Crippen molar-refractivity contribution in [1.82, 2.24) is 15.0 Å². The Bertz CT molecular complexity index is 1330. The fourth-order valence-electron chi connectivity index (χ4n) is 2.37. The van der Waals surface area contributed by atoms with Crippen LogP contribution in [0.1, 0.15) is 0 Å². The van der Waals surface area contributed by atoms with Crippen molar-refractivity contribution < 1.29 is 25.9 Å². The van der Waals surface area contributed by atoms with Crippen LogP contribution < -0.4 is 16.4 Å². The minimum absolute atomic E-state index is 0.00466. The monoisotopic (exact) mass is 472 g/mol. The second-order valence-electron chi connectivity index (χ2n) is 5.70. The van der Waals surface area contributed by atoms with E-state index in [0.717, 1.165) is 6.07 Å². The molecule has 0 amide bonds. The Morgan fingerprint density at radius 1 is 0.833 bits per heavy atom. The van der Waals surface area contributed by atoms with Crippen molar-refractivity contribution in [2.24, 2.45) is 0 Å². The average molecular weight is 473 g/mol. The van der Waals surface area contributed by atoms with Crippen LogP contribution in [0.3, 0.4) is 0 Å². The van der Waals surface area contributed by atoms with Crippen LogP contribution in [-0.2, 0) is 20.2 Å². The van der Waals surface area contributed by atoms with Crippen LogP contribution in [0.2, 0.25) is 5.28 Å². The van der Waals surface area contributed by atoms with Crippen LogP contribution >= 0.6 is 11.6 Å². The molecule has 0 unspecified atom stereocenters. The normalized spacial score (nSPS) is 11.8. The van der Waals surface area contributed by atoms with E-state index in [1.165, 1.54) is 36.4 Å². The highest BCUT2D eigenvalue weighted by atomic mass is 35.5. The zero-order valence-corrected chi connectivity index (χ0v) is 17.1. The molecule has 30 heavy (non-hydrogen) atoms. The predicted octanol–water partition coefficient (Wildman–Crippen LogP) is 2.09. The summed E-state index contributed by atoms with van der Waals surface area (Å²) in [5.41, 5.74) is 5.68. The van der Waals surface area contributed by atoms with E-state index in [9.17, 15) is 21.4 Å². The number of nitrogens with one attached hydrogen (secondary N) is 2. The molecular weight excluding hydrogens is 460 g/mol. The predicted molar refractivity (Wildman–Crippen MR) is 108 cm³/mol. The Morgan fingerprint density at radius 2 is 1.43 bits per heavy atom. The first-order valence-corrected chi connectivity index (χ1v) is 11.1. The number of hydrogen-bond donors (Lipinski definition) is 5. The van der Waals surface area contributed by atoms with Crippen molar-refractivity contribution in [3.8, 4) is 0 Å². The fourth-order valence-corrected chi connectivity index (χ4v) is 3.77. The molecule has 0 bridgehead atoms. The van der Waals surface area contributed by atoms with Crippen molar-refractivity contribution in [2.75, 3.05) is 16.4 Å². The topological polar surface area (TPSA) is 197 Å². The third kappa shape index (κ3) is 5.11. The van der Waals surface area contributed by atoms with Gasteiger partial charge in [0, 0.05) is 5.69 Å². The molecule has 0 radical (unpaired) electrons. The average Bonchev–Trinajstić information content (AvgIpc) is 2.59. The van der Waals surface area contributed by atoms with Crippen molar-refractivity contribution in [3.63, 3.8) is 0 Å². The van der Waals surface area contributed by atoms with Gasteiger partial charge in [-0.25, -0.2) is 0 Å². The molecule has 0 fully saturated rings. The Kier molecular flexibility index (Phi) is 5.78.